The van der Waals surface area contributed by atoms with E-state index in [0.29, 0.717) is 5.25 Å². The second-order valence-electron chi connectivity index (χ2n) is 2.65. The lowest BCUT2D eigenvalue weighted by Gasteiger charge is -2.09. The molecule has 0 bridgehead atoms. The number of hydrogen-bond acceptors (Lipinski definition) is 1. The Bertz CT molecular complexity index is 230. The minimum atomic E-state index is 0.576. The van der Waals surface area contributed by atoms with Gasteiger partial charge < -0.3 is 0 Å². The van der Waals surface area contributed by atoms with Crippen LogP contribution in [0.3, 0.4) is 0 Å². The molecular weight excluding hydrogens is 188 g/mol. The van der Waals surface area contributed by atoms with Crippen molar-refractivity contribution in [3.63, 3.8) is 0 Å². The highest BCUT2D eigenvalue weighted by Crippen LogP contribution is 2.28. The summed E-state index contributed by atoms with van der Waals surface area (Å²) in [5.41, 5.74) is 1.35. The van der Waals surface area contributed by atoms with Crippen LogP contribution < -0.4 is 0 Å². The summed E-state index contributed by atoms with van der Waals surface area (Å²) in [6.45, 7) is 4.40. The molecule has 1 aromatic carbocycles. The van der Waals surface area contributed by atoms with Gasteiger partial charge >= 0.3 is 0 Å². The Labute approximate surface area is 83.3 Å². The van der Waals surface area contributed by atoms with E-state index in [-0.39, 0.29) is 0 Å². The summed E-state index contributed by atoms with van der Waals surface area (Å²) < 4.78 is 0. The predicted molar refractivity (Wildman–Crippen MR) is 58.0 cm³/mol. The molecule has 1 rings (SSSR count). The van der Waals surface area contributed by atoms with Crippen LogP contribution in [0.2, 0.25) is 5.02 Å². The van der Waals surface area contributed by atoms with E-state index in [2.05, 4.69) is 26.0 Å². The molecule has 1 unspecified atom stereocenters. The van der Waals surface area contributed by atoms with Crippen LogP contribution in [0.15, 0.2) is 24.3 Å². The first-order chi connectivity index (χ1) is 5.74. The summed E-state index contributed by atoms with van der Waals surface area (Å²) in [6, 6.07) is 8.08. The molecule has 0 aliphatic carbocycles. The first kappa shape index (κ1) is 9.94. The molecule has 0 fully saturated rings. The van der Waals surface area contributed by atoms with Gasteiger partial charge in [-0.2, -0.15) is 11.8 Å². The van der Waals surface area contributed by atoms with E-state index < -0.39 is 0 Å². The Morgan fingerprint density at radius 1 is 1.33 bits per heavy atom. The Hall–Kier alpha value is -0.140. The molecule has 0 aliphatic heterocycles. The fraction of sp³-hybridized carbons (Fsp3) is 0.400. The molecule has 0 saturated heterocycles. The Balaban J connectivity index is 2.68. The van der Waals surface area contributed by atoms with E-state index in [0.717, 1.165) is 10.8 Å². The third kappa shape index (κ3) is 2.72. The molecule has 0 nitrogen and oxygen atoms in total. The van der Waals surface area contributed by atoms with E-state index in [1.54, 1.807) is 0 Å². The van der Waals surface area contributed by atoms with Crippen LogP contribution >= 0.6 is 23.4 Å². The molecule has 0 aliphatic rings. The van der Waals surface area contributed by atoms with Gasteiger partial charge in [-0.15, -0.1) is 0 Å². The predicted octanol–water partition coefficient (Wildman–Crippen LogP) is 4.15. The van der Waals surface area contributed by atoms with Crippen molar-refractivity contribution in [2.45, 2.75) is 19.1 Å². The molecule has 0 radical (unpaired) electrons. The van der Waals surface area contributed by atoms with Crippen molar-refractivity contribution >= 4 is 23.4 Å². The molecule has 0 amide bonds. The van der Waals surface area contributed by atoms with Crippen LogP contribution in [-0.2, 0) is 0 Å². The van der Waals surface area contributed by atoms with E-state index >= 15 is 0 Å². The van der Waals surface area contributed by atoms with E-state index in [1.807, 2.05) is 23.9 Å². The van der Waals surface area contributed by atoms with Gasteiger partial charge in [-0.25, -0.2) is 0 Å². The van der Waals surface area contributed by atoms with Crippen LogP contribution in [0.25, 0.3) is 0 Å². The van der Waals surface area contributed by atoms with Crippen LogP contribution in [0.1, 0.15) is 24.7 Å². The lowest BCUT2D eigenvalue weighted by molar-refractivity contribution is 1.10. The highest BCUT2D eigenvalue weighted by atomic mass is 35.5. The van der Waals surface area contributed by atoms with Crippen molar-refractivity contribution in [1.29, 1.82) is 0 Å². The van der Waals surface area contributed by atoms with E-state index in [4.69, 9.17) is 11.6 Å². The van der Waals surface area contributed by atoms with Crippen molar-refractivity contribution < 1.29 is 0 Å². The van der Waals surface area contributed by atoms with E-state index in [9.17, 15) is 0 Å². The summed E-state index contributed by atoms with van der Waals surface area (Å²) in [5, 5.41) is 1.39. The maximum absolute atomic E-state index is 5.79. The average Bonchev–Trinajstić information content (AvgIpc) is 2.06. The lowest BCUT2D eigenvalue weighted by atomic mass is 10.2. The Kier molecular flexibility index (Phi) is 3.96. The van der Waals surface area contributed by atoms with Gasteiger partial charge in [0.05, 0.1) is 0 Å². The molecular formula is C10H13ClS. The van der Waals surface area contributed by atoms with Gasteiger partial charge in [0.2, 0.25) is 0 Å². The molecule has 0 spiro atoms. The normalized spacial score (nSPS) is 12.9. The molecule has 0 N–H and O–H groups in total. The minimum absolute atomic E-state index is 0.576. The highest BCUT2D eigenvalue weighted by Gasteiger charge is 2.03. The quantitative estimate of drug-likeness (QED) is 0.707. The smallest absolute Gasteiger partial charge is 0.0406 e. The Morgan fingerprint density at radius 3 is 2.42 bits per heavy atom. The minimum Gasteiger partial charge on any atom is -0.154 e. The summed E-state index contributed by atoms with van der Waals surface area (Å²) in [6.07, 6.45) is 0. The summed E-state index contributed by atoms with van der Waals surface area (Å²) >= 11 is 7.73. The Morgan fingerprint density at radius 2 is 1.92 bits per heavy atom. The van der Waals surface area contributed by atoms with Crippen molar-refractivity contribution in [1.82, 2.24) is 0 Å². The third-order valence-electron chi connectivity index (χ3n) is 1.76. The number of hydrogen-bond donors (Lipinski definition) is 0. The first-order valence-electron chi connectivity index (χ1n) is 4.11. The number of halogens is 1. The van der Waals surface area contributed by atoms with Crippen LogP contribution in [-0.4, -0.2) is 5.75 Å². The second kappa shape index (κ2) is 4.78. The summed E-state index contributed by atoms with van der Waals surface area (Å²) in [7, 11) is 0. The summed E-state index contributed by atoms with van der Waals surface area (Å²) in [5.74, 6) is 1.16. The topological polar surface area (TPSA) is 0 Å². The molecule has 1 aromatic rings. The largest absolute Gasteiger partial charge is 0.154 e. The van der Waals surface area contributed by atoms with Crippen LogP contribution in [0.5, 0.6) is 0 Å². The van der Waals surface area contributed by atoms with Crippen molar-refractivity contribution in [2.24, 2.45) is 0 Å². The molecule has 12 heavy (non-hydrogen) atoms. The van der Waals surface area contributed by atoms with Gasteiger partial charge in [-0.3, -0.25) is 0 Å². The number of thioether (sulfide) groups is 1. The van der Waals surface area contributed by atoms with Crippen molar-refractivity contribution in [3.05, 3.63) is 34.9 Å². The monoisotopic (exact) mass is 200 g/mol. The molecule has 0 aromatic heterocycles. The average molecular weight is 201 g/mol. The lowest BCUT2D eigenvalue weighted by Crippen LogP contribution is -1.87. The van der Waals surface area contributed by atoms with E-state index in [1.165, 1.54) is 5.56 Å². The zero-order chi connectivity index (χ0) is 8.97. The van der Waals surface area contributed by atoms with Gasteiger partial charge in [-0.1, -0.05) is 30.7 Å². The molecule has 66 valence electrons. The fourth-order valence-electron chi connectivity index (χ4n) is 1.08. The van der Waals surface area contributed by atoms with Crippen molar-refractivity contribution in [2.75, 3.05) is 5.75 Å². The standard InChI is InChI=1S/C10H13ClS/c1-3-12-8(2)9-4-6-10(11)7-5-9/h4-8H,3H2,1-2H3. The van der Waals surface area contributed by atoms with Crippen LogP contribution in [0, 0.1) is 0 Å². The zero-order valence-electron chi connectivity index (χ0n) is 7.38. The van der Waals surface area contributed by atoms with Gasteiger partial charge in [-0.05, 0) is 30.4 Å². The maximum atomic E-state index is 5.79. The van der Waals surface area contributed by atoms with Gasteiger partial charge in [0, 0.05) is 10.3 Å². The third-order valence-corrected chi connectivity index (χ3v) is 3.11. The number of benzene rings is 1. The van der Waals surface area contributed by atoms with Gasteiger partial charge in [0.25, 0.3) is 0 Å². The molecule has 2 heteroatoms. The van der Waals surface area contributed by atoms with Crippen LogP contribution in [0.4, 0.5) is 0 Å². The first-order valence-corrected chi connectivity index (χ1v) is 5.53. The zero-order valence-corrected chi connectivity index (χ0v) is 8.95. The van der Waals surface area contributed by atoms with Gasteiger partial charge in [0.15, 0.2) is 0 Å². The summed E-state index contributed by atoms with van der Waals surface area (Å²) in [4.78, 5) is 0. The molecule has 0 saturated carbocycles. The maximum Gasteiger partial charge on any atom is 0.0406 e. The van der Waals surface area contributed by atoms with Gasteiger partial charge in [0.1, 0.15) is 0 Å². The molecule has 1 atom stereocenters. The number of rotatable bonds is 3. The second-order valence-corrected chi connectivity index (χ2v) is 4.70. The molecule has 0 heterocycles. The fourth-order valence-corrected chi connectivity index (χ4v) is 2.06. The SMILES string of the molecule is CCSC(C)c1ccc(Cl)cc1. The van der Waals surface area contributed by atoms with Crippen molar-refractivity contribution in [3.8, 4) is 0 Å². The highest BCUT2D eigenvalue weighted by molar-refractivity contribution is 7.99.